The lowest BCUT2D eigenvalue weighted by Gasteiger charge is -2.03. The summed E-state index contributed by atoms with van der Waals surface area (Å²) in [4.78, 5) is 10.5. The van der Waals surface area contributed by atoms with Crippen LogP contribution in [0.1, 0.15) is 19.3 Å². The van der Waals surface area contributed by atoms with E-state index in [2.05, 4.69) is 0 Å². The number of halogens is 1. The van der Waals surface area contributed by atoms with Gasteiger partial charge in [0.1, 0.15) is 6.10 Å². The Morgan fingerprint density at radius 3 is 3.00 bits per heavy atom. The van der Waals surface area contributed by atoms with E-state index in [0.717, 1.165) is 12.8 Å². The third kappa shape index (κ3) is 1.86. The van der Waals surface area contributed by atoms with Crippen LogP contribution in [0.4, 0.5) is 0 Å². The number of esters is 1. The van der Waals surface area contributed by atoms with Gasteiger partial charge in [-0.15, -0.1) is 11.6 Å². The Morgan fingerprint density at radius 2 is 2.56 bits per heavy atom. The lowest BCUT2D eigenvalue weighted by Crippen LogP contribution is -2.06. The lowest BCUT2D eigenvalue weighted by atomic mass is 10.2. The molecule has 0 amide bonds. The first kappa shape index (κ1) is 6.87. The molecule has 9 heavy (non-hydrogen) atoms. The highest BCUT2D eigenvalue weighted by molar-refractivity contribution is 6.17. The zero-order valence-electron chi connectivity index (χ0n) is 5.10. The van der Waals surface area contributed by atoms with E-state index in [1.165, 1.54) is 0 Å². The number of carbonyl (C=O) groups excluding carboxylic acids is 1. The quantitative estimate of drug-likeness (QED) is 0.436. The van der Waals surface area contributed by atoms with Crippen LogP contribution in [-0.4, -0.2) is 18.0 Å². The standard InChI is InChI=1S/C6H9ClO2/c7-4-3-5-1-2-6(8)9-5/h5H,1-4H2. The monoisotopic (exact) mass is 148 g/mol. The first-order chi connectivity index (χ1) is 4.33. The molecule has 1 atom stereocenters. The van der Waals surface area contributed by atoms with Gasteiger partial charge in [0.15, 0.2) is 0 Å². The summed E-state index contributed by atoms with van der Waals surface area (Å²) in [7, 11) is 0. The maximum absolute atomic E-state index is 10.5. The van der Waals surface area contributed by atoms with Gasteiger partial charge >= 0.3 is 5.97 Å². The molecular weight excluding hydrogens is 140 g/mol. The third-order valence-electron chi connectivity index (χ3n) is 1.40. The van der Waals surface area contributed by atoms with Gasteiger partial charge in [-0.05, 0) is 12.8 Å². The molecule has 0 aromatic heterocycles. The average Bonchev–Trinajstić information content (AvgIpc) is 2.17. The van der Waals surface area contributed by atoms with E-state index >= 15 is 0 Å². The highest BCUT2D eigenvalue weighted by Crippen LogP contribution is 2.16. The molecule has 0 aromatic rings. The van der Waals surface area contributed by atoms with Crippen molar-refractivity contribution in [2.45, 2.75) is 25.4 Å². The van der Waals surface area contributed by atoms with Crippen LogP contribution in [0.15, 0.2) is 0 Å². The van der Waals surface area contributed by atoms with Gasteiger partial charge in [-0.2, -0.15) is 0 Å². The average molecular weight is 149 g/mol. The van der Waals surface area contributed by atoms with Crippen LogP contribution in [0.2, 0.25) is 0 Å². The molecule has 0 saturated carbocycles. The second-order valence-electron chi connectivity index (χ2n) is 2.13. The predicted molar refractivity (Wildman–Crippen MR) is 34.5 cm³/mol. The Morgan fingerprint density at radius 1 is 1.78 bits per heavy atom. The number of carbonyl (C=O) groups is 1. The number of hydrogen-bond donors (Lipinski definition) is 0. The fourth-order valence-electron chi connectivity index (χ4n) is 0.908. The fraction of sp³-hybridized carbons (Fsp3) is 0.833. The maximum atomic E-state index is 10.5. The smallest absolute Gasteiger partial charge is 0.306 e. The molecule has 1 unspecified atom stereocenters. The summed E-state index contributed by atoms with van der Waals surface area (Å²) in [6.45, 7) is 0. The summed E-state index contributed by atoms with van der Waals surface area (Å²) in [5.74, 6) is 0.503. The van der Waals surface area contributed by atoms with Crippen LogP contribution < -0.4 is 0 Å². The van der Waals surface area contributed by atoms with Gasteiger partial charge in [0.2, 0.25) is 0 Å². The van der Waals surface area contributed by atoms with Crippen LogP contribution in [0.5, 0.6) is 0 Å². The van der Waals surface area contributed by atoms with Gasteiger partial charge in [-0.25, -0.2) is 0 Å². The third-order valence-corrected chi connectivity index (χ3v) is 1.62. The van der Waals surface area contributed by atoms with E-state index in [-0.39, 0.29) is 12.1 Å². The normalized spacial score (nSPS) is 26.3. The first-order valence-electron chi connectivity index (χ1n) is 3.08. The van der Waals surface area contributed by atoms with Gasteiger partial charge in [0.25, 0.3) is 0 Å². The number of alkyl halides is 1. The van der Waals surface area contributed by atoms with Gasteiger partial charge in [0.05, 0.1) is 0 Å². The van der Waals surface area contributed by atoms with Crippen molar-refractivity contribution in [1.29, 1.82) is 0 Å². The minimum absolute atomic E-state index is 0.0786. The predicted octanol–water partition coefficient (Wildman–Crippen LogP) is 1.32. The second kappa shape index (κ2) is 3.06. The molecule has 0 aliphatic carbocycles. The van der Waals surface area contributed by atoms with Crippen molar-refractivity contribution in [3.63, 3.8) is 0 Å². The molecule has 0 bridgehead atoms. The van der Waals surface area contributed by atoms with Crippen LogP contribution in [0.25, 0.3) is 0 Å². The van der Waals surface area contributed by atoms with E-state index in [9.17, 15) is 4.79 Å². The summed E-state index contributed by atoms with van der Waals surface area (Å²) in [5, 5.41) is 0. The van der Waals surface area contributed by atoms with Crippen LogP contribution in [-0.2, 0) is 9.53 Å². The van der Waals surface area contributed by atoms with Gasteiger partial charge < -0.3 is 4.74 Å². The Labute approximate surface area is 59.1 Å². The van der Waals surface area contributed by atoms with E-state index in [1.54, 1.807) is 0 Å². The van der Waals surface area contributed by atoms with Crippen LogP contribution in [0.3, 0.4) is 0 Å². The molecular formula is C6H9ClO2. The first-order valence-corrected chi connectivity index (χ1v) is 3.62. The van der Waals surface area contributed by atoms with E-state index in [4.69, 9.17) is 16.3 Å². The van der Waals surface area contributed by atoms with Gasteiger partial charge in [-0.3, -0.25) is 4.79 Å². The highest BCUT2D eigenvalue weighted by atomic mass is 35.5. The van der Waals surface area contributed by atoms with E-state index in [1.807, 2.05) is 0 Å². The topological polar surface area (TPSA) is 26.3 Å². The largest absolute Gasteiger partial charge is 0.462 e. The summed E-state index contributed by atoms with van der Waals surface area (Å²) < 4.78 is 4.88. The lowest BCUT2D eigenvalue weighted by molar-refractivity contribution is -0.141. The second-order valence-corrected chi connectivity index (χ2v) is 2.51. The van der Waals surface area contributed by atoms with Crippen LogP contribution in [0, 0.1) is 0 Å². The molecule has 0 N–H and O–H groups in total. The van der Waals surface area contributed by atoms with Crippen molar-refractivity contribution in [3.05, 3.63) is 0 Å². The summed E-state index contributed by atoms with van der Waals surface area (Å²) >= 11 is 5.44. The van der Waals surface area contributed by atoms with Crippen molar-refractivity contribution in [2.75, 3.05) is 5.88 Å². The molecule has 0 aromatic carbocycles. The molecule has 0 spiro atoms. The highest BCUT2D eigenvalue weighted by Gasteiger charge is 2.21. The molecule has 2 nitrogen and oxygen atoms in total. The number of cyclic esters (lactones) is 1. The Hall–Kier alpha value is -0.240. The molecule has 1 aliphatic heterocycles. The van der Waals surface area contributed by atoms with Gasteiger partial charge in [-0.1, -0.05) is 0 Å². The number of rotatable bonds is 2. The summed E-state index contributed by atoms with van der Waals surface area (Å²) in [6, 6.07) is 0. The van der Waals surface area contributed by atoms with E-state index < -0.39 is 0 Å². The van der Waals surface area contributed by atoms with Crippen molar-refractivity contribution < 1.29 is 9.53 Å². The molecule has 52 valence electrons. The van der Waals surface area contributed by atoms with E-state index in [0.29, 0.717) is 12.3 Å². The number of hydrogen-bond acceptors (Lipinski definition) is 2. The summed E-state index contributed by atoms with van der Waals surface area (Å²) in [6.07, 6.45) is 2.33. The maximum Gasteiger partial charge on any atom is 0.306 e. The molecule has 1 saturated heterocycles. The minimum Gasteiger partial charge on any atom is -0.462 e. The fourth-order valence-corrected chi connectivity index (χ4v) is 1.15. The van der Waals surface area contributed by atoms with Gasteiger partial charge in [0, 0.05) is 12.3 Å². The molecule has 3 heteroatoms. The van der Waals surface area contributed by atoms with Crippen molar-refractivity contribution in [3.8, 4) is 0 Å². The van der Waals surface area contributed by atoms with Crippen LogP contribution >= 0.6 is 11.6 Å². The van der Waals surface area contributed by atoms with Crippen molar-refractivity contribution >= 4 is 17.6 Å². The Bertz CT molecular complexity index is 114. The molecule has 1 heterocycles. The van der Waals surface area contributed by atoms with Crippen molar-refractivity contribution in [2.24, 2.45) is 0 Å². The molecule has 1 aliphatic rings. The minimum atomic E-state index is -0.0786. The Kier molecular flexibility index (Phi) is 2.34. The zero-order chi connectivity index (χ0) is 6.69. The SMILES string of the molecule is O=C1CCC(CCCl)O1. The molecule has 1 rings (SSSR count). The number of ether oxygens (including phenoxy) is 1. The molecule has 1 fully saturated rings. The zero-order valence-corrected chi connectivity index (χ0v) is 5.86. The summed E-state index contributed by atoms with van der Waals surface area (Å²) in [5.41, 5.74) is 0. The Balaban J connectivity index is 2.22. The molecule has 0 radical (unpaired) electrons. The van der Waals surface area contributed by atoms with Crippen molar-refractivity contribution in [1.82, 2.24) is 0 Å².